The van der Waals surface area contributed by atoms with Crippen LogP contribution in [0.3, 0.4) is 0 Å². The van der Waals surface area contributed by atoms with Crippen LogP contribution in [0.25, 0.3) is 22.6 Å². The fourth-order valence-corrected chi connectivity index (χ4v) is 1.83. The normalized spacial score (nSPS) is 10.7. The average molecular weight is 255 g/mol. The lowest BCUT2D eigenvalue weighted by molar-refractivity contribution is 0.0697. The third-order valence-electron chi connectivity index (χ3n) is 2.77. The first kappa shape index (κ1) is 11.3. The Morgan fingerprint density at radius 2 is 1.95 bits per heavy atom. The predicted molar refractivity (Wildman–Crippen MR) is 68.1 cm³/mol. The molecule has 2 N–H and O–H groups in total. The molecule has 0 saturated heterocycles. The molecular formula is C14H9NO4. The lowest BCUT2D eigenvalue weighted by Gasteiger charge is -2.01. The summed E-state index contributed by atoms with van der Waals surface area (Å²) in [4.78, 5) is 15.2. The first-order valence-electron chi connectivity index (χ1n) is 5.57. The predicted octanol–water partition coefficient (Wildman–Crippen LogP) is 2.90. The van der Waals surface area contributed by atoms with E-state index in [0.717, 1.165) is 0 Å². The number of carboxylic acids is 1. The maximum atomic E-state index is 10.9. The standard InChI is InChI=1S/C14H9NO4/c16-11-6-5-8(14(17)18)7-9(11)13-15-10-3-1-2-4-12(10)19-13/h1-7,16H,(H,17,18). The summed E-state index contributed by atoms with van der Waals surface area (Å²) in [7, 11) is 0. The number of hydrogen-bond donors (Lipinski definition) is 2. The molecule has 1 heterocycles. The zero-order valence-electron chi connectivity index (χ0n) is 9.70. The minimum Gasteiger partial charge on any atom is -0.507 e. The van der Waals surface area contributed by atoms with E-state index in [9.17, 15) is 9.90 Å². The van der Waals surface area contributed by atoms with Gasteiger partial charge in [-0.1, -0.05) is 12.1 Å². The van der Waals surface area contributed by atoms with E-state index in [0.29, 0.717) is 11.1 Å². The van der Waals surface area contributed by atoms with Crippen molar-refractivity contribution in [3.63, 3.8) is 0 Å². The molecule has 0 aliphatic carbocycles. The third-order valence-corrected chi connectivity index (χ3v) is 2.77. The fourth-order valence-electron chi connectivity index (χ4n) is 1.83. The van der Waals surface area contributed by atoms with Crippen molar-refractivity contribution >= 4 is 17.1 Å². The van der Waals surface area contributed by atoms with Crippen LogP contribution in [0, 0.1) is 0 Å². The molecule has 0 saturated carbocycles. The van der Waals surface area contributed by atoms with Crippen LogP contribution < -0.4 is 0 Å². The maximum Gasteiger partial charge on any atom is 0.335 e. The second-order valence-electron chi connectivity index (χ2n) is 4.02. The summed E-state index contributed by atoms with van der Waals surface area (Å²) in [6.07, 6.45) is 0. The van der Waals surface area contributed by atoms with E-state index in [1.165, 1.54) is 18.2 Å². The number of phenols is 1. The summed E-state index contributed by atoms with van der Waals surface area (Å²) in [5.41, 5.74) is 1.56. The van der Waals surface area contributed by atoms with Crippen LogP contribution in [0.15, 0.2) is 46.9 Å². The third kappa shape index (κ3) is 1.91. The Kier molecular flexibility index (Phi) is 2.45. The Labute approximate surface area is 107 Å². The highest BCUT2D eigenvalue weighted by atomic mass is 16.4. The molecule has 0 bridgehead atoms. The molecule has 2 aromatic carbocycles. The minimum absolute atomic E-state index is 0.0649. The molecule has 5 nitrogen and oxygen atoms in total. The van der Waals surface area contributed by atoms with Crippen molar-refractivity contribution in [2.75, 3.05) is 0 Å². The van der Waals surface area contributed by atoms with Crippen LogP contribution in [0.1, 0.15) is 10.4 Å². The number of carbonyl (C=O) groups is 1. The Bertz CT molecular complexity index is 743. The second-order valence-corrected chi connectivity index (χ2v) is 4.02. The second kappa shape index (κ2) is 4.13. The van der Waals surface area contributed by atoms with Crippen molar-refractivity contribution < 1.29 is 19.4 Å². The van der Waals surface area contributed by atoms with E-state index >= 15 is 0 Å². The molecule has 0 amide bonds. The zero-order valence-corrected chi connectivity index (χ0v) is 9.70. The van der Waals surface area contributed by atoms with Gasteiger partial charge >= 0.3 is 5.97 Å². The highest BCUT2D eigenvalue weighted by Gasteiger charge is 2.14. The number of hydrogen-bond acceptors (Lipinski definition) is 4. The van der Waals surface area contributed by atoms with Gasteiger partial charge in [-0.3, -0.25) is 0 Å². The minimum atomic E-state index is -1.07. The molecule has 3 rings (SSSR count). The Hall–Kier alpha value is -2.82. The molecule has 1 aromatic heterocycles. The molecule has 19 heavy (non-hydrogen) atoms. The highest BCUT2D eigenvalue weighted by Crippen LogP contribution is 2.31. The molecule has 0 atom stereocenters. The quantitative estimate of drug-likeness (QED) is 0.735. The molecule has 94 valence electrons. The summed E-state index contributed by atoms with van der Waals surface area (Å²) >= 11 is 0. The Morgan fingerprint density at radius 1 is 1.16 bits per heavy atom. The summed E-state index contributed by atoms with van der Waals surface area (Å²) in [6, 6.07) is 11.1. The van der Waals surface area contributed by atoms with E-state index in [4.69, 9.17) is 9.52 Å². The van der Waals surface area contributed by atoms with Gasteiger partial charge in [-0.15, -0.1) is 0 Å². The van der Waals surface area contributed by atoms with Crippen molar-refractivity contribution in [1.82, 2.24) is 4.98 Å². The number of aromatic hydroxyl groups is 1. The molecule has 0 fully saturated rings. The Balaban J connectivity index is 2.20. The highest BCUT2D eigenvalue weighted by molar-refractivity contribution is 5.90. The number of nitrogens with zero attached hydrogens (tertiary/aromatic N) is 1. The van der Waals surface area contributed by atoms with Gasteiger partial charge in [0.25, 0.3) is 0 Å². The van der Waals surface area contributed by atoms with E-state index in [1.54, 1.807) is 12.1 Å². The maximum absolute atomic E-state index is 10.9. The first-order chi connectivity index (χ1) is 9.15. The van der Waals surface area contributed by atoms with Crippen molar-refractivity contribution in [2.45, 2.75) is 0 Å². The molecule has 0 aliphatic heterocycles. The largest absolute Gasteiger partial charge is 0.507 e. The summed E-state index contributed by atoms with van der Waals surface area (Å²) in [5.74, 6) is -0.948. The molecule has 0 aliphatic rings. The van der Waals surface area contributed by atoms with Crippen LogP contribution in [-0.2, 0) is 0 Å². The van der Waals surface area contributed by atoms with E-state index in [2.05, 4.69) is 4.98 Å². The number of aromatic carboxylic acids is 1. The van der Waals surface area contributed by atoms with Gasteiger partial charge in [0.05, 0.1) is 11.1 Å². The van der Waals surface area contributed by atoms with Gasteiger partial charge in [0.15, 0.2) is 5.58 Å². The summed E-state index contributed by atoms with van der Waals surface area (Å²) in [5, 5.41) is 18.8. The number of phenolic OH excluding ortho intramolecular Hbond substituents is 1. The van der Waals surface area contributed by atoms with Gasteiger partial charge in [-0.2, -0.15) is 0 Å². The van der Waals surface area contributed by atoms with Crippen LogP contribution in [0.5, 0.6) is 5.75 Å². The van der Waals surface area contributed by atoms with Gasteiger partial charge in [0.2, 0.25) is 5.89 Å². The number of aromatic nitrogens is 1. The van der Waals surface area contributed by atoms with Crippen LogP contribution >= 0.6 is 0 Å². The zero-order chi connectivity index (χ0) is 13.4. The summed E-state index contributed by atoms with van der Waals surface area (Å²) in [6.45, 7) is 0. The molecule has 3 aromatic rings. The van der Waals surface area contributed by atoms with Crippen molar-refractivity contribution in [2.24, 2.45) is 0 Å². The monoisotopic (exact) mass is 255 g/mol. The number of oxazole rings is 1. The summed E-state index contributed by atoms with van der Waals surface area (Å²) < 4.78 is 5.51. The topological polar surface area (TPSA) is 83.6 Å². The van der Waals surface area contributed by atoms with Gasteiger partial charge in [0, 0.05) is 0 Å². The van der Waals surface area contributed by atoms with Gasteiger partial charge in [0.1, 0.15) is 11.3 Å². The van der Waals surface area contributed by atoms with E-state index < -0.39 is 5.97 Å². The number of carboxylic acid groups (broad SMARTS) is 1. The van der Waals surface area contributed by atoms with Crippen LogP contribution in [0.2, 0.25) is 0 Å². The van der Waals surface area contributed by atoms with Crippen LogP contribution in [0.4, 0.5) is 0 Å². The molecular weight excluding hydrogens is 246 g/mol. The van der Waals surface area contributed by atoms with Crippen molar-refractivity contribution in [3.8, 4) is 17.2 Å². The lowest BCUT2D eigenvalue weighted by atomic mass is 10.1. The van der Waals surface area contributed by atoms with Gasteiger partial charge < -0.3 is 14.6 Å². The molecule has 0 radical (unpaired) electrons. The van der Waals surface area contributed by atoms with E-state index in [1.807, 2.05) is 12.1 Å². The van der Waals surface area contributed by atoms with Crippen LogP contribution in [-0.4, -0.2) is 21.2 Å². The lowest BCUT2D eigenvalue weighted by Crippen LogP contribution is -1.96. The number of benzene rings is 2. The smallest absolute Gasteiger partial charge is 0.335 e. The molecule has 5 heteroatoms. The van der Waals surface area contributed by atoms with Crippen molar-refractivity contribution in [1.29, 1.82) is 0 Å². The number of para-hydroxylation sites is 2. The fraction of sp³-hybridized carbons (Fsp3) is 0. The number of rotatable bonds is 2. The van der Waals surface area contributed by atoms with E-state index in [-0.39, 0.29) is 22.8 Å². The Morgan fingerprint density at radius 3 is 2.68 bits per heavy atom. The van der Waals surface area contributed by atoms with Gasteiger partial charge in [-0.05, 0) is 30.3 Å². The van der Waals surface area contributed by atoms with Gasteiger partial charge in [-0.25, -0.2) is 9.78 Å². The van der Waals surface area contributed by atoms with Crippen molar-refractivity contribution in [3.05, 3.63) is 48.0 Å². The SMILES string of the molecule is O=C(O)c1ccc(O)c(-c2nc3ccccc3o2)c1. The molecule has 0 unspecified atom stereocenters. The molecule has 0 spiro atoms. The number of fused-ring (bicyclic) bond motifs is 1. The average Bonchev–Trinajstić information content (AvgIpc) is 2.82. The first-order valence-corrected chi connectivity index (χ1v) is 5.57.